The molecule has 5 nitrogen and oxygen atoms in total. The molecule has 7 heteroatoms. The number of thioether (sulfide) groups is 1. The van der Waals surface area contributed by atoms with Gasteiger partial charge >= 0.3 is 6.03 Å². The second-order valence-electron chi connectivity index (χ2n) is 3.08. The van der Waals surface area contributed by atoms with Gasteiger partial charge in [-0.2, -0.15) is 11.8 Å². The fourth-order valence-electron chi connectivity index (χ4n) is 0.982. The predicted octanol–water partition coefficient (Wildman–Crippen LogP) is 0.801. The van der Waals surface area contributed by atoms with E-state index in [4.69, 9.17) is 5.73 Å². The van der Waals surface area contributed by atoms with E-state index in [1.54, 1.807) is 11.8 Å². The van der Waals surface area contributed by atoms with Crippen LogP contribution in [0.5, 0.6) is 0 Å². The van der Waals surface area contributed by atoms with Gasteiger partial charge in [-0.05, 0) is 18.4 Å². The number of nitrogens with two attached hydrogens (primary N) is 1. The van der Waals surface area contributed by atoms with Crippen LogP contribution in [-0.2, 0) is 4.79 Å². The molecule has 4 N–H and O–H groups in total. The largest absolute Gasteiger partial charge is 0.352 e. The van der Waals surface area contributed by atoms with E-state index in [9.17, 15) is 9.59 Å². The number of hydrogen-bond donors (Lipinski definition) is 3. The molecule has 0 aliphatic rings. The average molecular weight is 310 g/mol. The van der Waals surface area contributed by atoms with Crippen LogP contribution in [0.4, 0.5) is 4.79 Å². The molecular formula is C9H16BrN3O2S. The van der Waals surface area contributed by atoms with Crippen molar-refractivity contribution in [3.8, 4) is 0 Å². The number of carbonyl (C=O) groups is 2. The fourth-order valence-corrected chi connectivity index (χ4v) is 1.59. The molecular weight excluding hydrogens is 294 g/mol. The first-order valence-electron chi connectivity index (χ1n) is 4.63. The summed E-state index contributed by atoms with van der Waals surface area (Å²) in [6.07, 6.45) is 2.48. The number of hydrogen-bond acceptors (Lipinski definition) is 3. The van der Waals surface area contributed by atoms with Crippen LogP contribution >= 0.6 is 27.7 Å². The Kier molecular flexibility index (Phi) is 8.10. The highest BCUT2D eigenvalue weighted by atomic mass is 79.9. The summed E-state index contributed by atoms with van der Waals surface area (Å²) in [5.74, 6) is 0.515. The Hall–Kier alpha value is -0.690. The van der Waals surface area contributed by atoms with Crippen LogP contribution in [0.1, 0.15) is 6.42 Å². The molecule has 1 unspecified atom stereocenters. The molecule has 92 valence electrons. The first kappa shape index (κ1) is 15.3. The smallest absolute Gasteiger partial charge is 0.312 e. The number of rotatable bonds is 7. The topological polar surface area (TPSA) is 84.2 Å². The Labute approximate surface area is 108 Å². The molecule has 0 aromatic carbocycles. The molecule has 1 atom stereocenters. The van der Waals surface area contributed by atoms with Gasteiger partial charge in [0.15, 0.2) is 0 Å². The van der Waals surface area contributed by atoms with E-state index >= 15 is 0 Å². The van der Waals surface area contributed by atoms with Crippen molar-refractivity contribution in [2.24, 2.45) is 5.73 Å². The summed E-state index contributed by atoms with van der Waals surface area (Å²) < 4.78 is 0.670. The number of urea groups is 1. The first-order valence-corrected chi connectivity index (χ1v) is 6.82. The summed E-state index contributed by atoms with van der Waals surface area (Å²) in [5, 5.41) is 5.04. The van der Waals surface area contributed by atoms with Crippen LogP contribution in [0.25, 0.3) is 0 Å². The third-order valence-corrected chi connectivity index (χ3v) is 2.62. The number of halogens is 1. The molecule has 0 bridgehead atoms. The summed E-state index contributed by atoms with van der Waals surface area (Å²) in [6, 6.07) is -1.28. The summed E-state index contributed by atoms with van der Waals surface area (Å²) in [7, 11) is 0. The third-order valence-electron chi connectivity index (χ3n) is 1.70. The molecule has 0 saturated carbocycles. The zero-order valence-corrected chi connectivity index (χ0v) is 11.5. The van der Waals surface area contributed by atoms with Gasteiger partial charge in [0.2, 0.25) is 5.91 Å². The van der Waals surface area contributed by atoms with Crippen molar-refractivity contribution in [2.75, 3.05) is 18.6 Å². The highest BCUT2D eigenvalue weighted by Gasteiger charge is 2.18. The Morgan fingerprint density at radius 1 is 1.56 bits per heavy atom. The SMILES string of the molecule is C=C(Br)CNC(=O)C(CCSC)NC(N)=O. The summed E-state index contributed by atoms with van der Waals surface area (Å²) >= 11 is 4.73. The van der Waals surface area contributed by atoms with Gasteiger partial charge < -0.3 is 16.4 Å². The molecule has 0 aliphatic carbocycles. The Bertz CT molecular complexity index is 273. The van der Waals surface area contributed by atoms with Crippen LogP contribution < -0.4 is 16.4 Å². The van der Waals surface area contributed by atoms with Gasteiger partial charge in [0, 0.05) is 11.0 Å². The number of primary amides is 1. The van der Waals surface area contributed by atoms with Crippen molar-refractivity contribution in [1.82, 2.24) is 10.6 Å². The minimum Gasteiger partial charge on any atom is -0.352 e. The summed E-state index contributed by atoms with van der Waals surface area (Å²) in [4.78, 5) is 22.3. The van der Waals surface area contributed by atoms with E-state index in [1.165, 1.54) is 0 Å². The van der Waals surface area contributed by atoms with E-state index in [0.717, 1.165) is 5.75 Å². The van der Waals surface area contributed by atoms with Gasteiger partial charge in [-0.25, -0.2) is 4.79 Å². The van der Waals surface area contributed by atoms with Crippen molar-refractivity contribution in [3.05, 3.63) is 11.1 Å². The van der Waals surface area contributed by atoms with Crippen LogP contribution in [0.15, 0.2) is 11.1 Å². The monoisotopic (exact) mass is 309 g/mol. The highest BCUT2D eigenvalue weighted by molar-refractivity contribution is 9.11. The molecule has 3 amide bonds. The van der Waals surface area contributed by atoms with Gasteiger partial charge in [-0.3, -0.25) is 4.79 Å². The number of carbonyl (C=O) groups excluding carboxylic acids is 2. The van der Waals surface area contributed by atoms with Crippen molar-refractivity contribution < 1.29 is 9.59 Å². The lowest BCUT2D eigenvalue weighted by Gasteiger charge is -2.16. The maximum atomic E-state index is 11.6. The van der Waals surface area contributed by atoms with Crippen molar-refractivity contribution in [2.45, 2.75) is 12.5 Å². The maximum absolute atomic E-state index is 11.6. The quantitative estimate of drug-likeness (QED) is 0.650. The van der Waals surface area contributed by atoms with Crippen LogP contribution in [0.3, 0.4) is 0 Å². The normalized spacial score (nSPS) is 11.6. The molecule has 0 radical (unpaired) electrons. The van der Waals surface area contributed by atoms with Crippen molar-refractivity contribution in [1.29, 1.82) is 0 Å². The molecule has 0 aromatic rings. The molecule has 0 spiro atoms. The van der Waals surface area contributed by atoms with Gasteiger partial charge in [0.05, 0.1) is 0 Å². The Morgan fingerprint density at radius 2 is 2.19 bits per heavy atom. The highest BCUT2D eigenvalue weighted by Crippen LogP contribution is 2.02. The predicted molar refractivity (Wildman–Crippen MR) is 70.6 cm³/mol. The molecule has 0 fully saturated rings. The van der Waals surface area contributed by atoms with Gasteiger partial charge in [-0.15, -0.1) is 0 Å². The van der Waals surface area contributed by atoms with Crippen LogP contribution in [0.2, 0.25) is 0 Å². The van der Waals surface area contributed by atoms with Crippen LogP contribution in [-0.4, -0.2) is 36.5 Å². The lowest BCUT2D eigenvalue weighted by molar-refractivity contribution is -0.122. The van der Waals surface area contributed by atoms with E-state index < -0.39 is 12.1 Å². The van der Waals surface area contributed by atoms with Gasteiger partial charge in [0.25, 0.3) is 0 Å². The lowest BCUT2D eigenvalue weighted by atomic mass is 10.2. The zero-order chi connectivity index (χ0) is 12.6. The third kappa shape index (κ3) is 7.58. The second-order valence-corrected chi connectivity index (χ2v) is 5.18. The molecule has 16 heavy (non-hydrogen) atoms. The number of amides is 3. The summed E-state index contributed by atoms with van der Waals surface area (Å²) in [6.45, 7) is 3.92. The molecule has 0 aromatic heterocycles. The average Bonchev–Trinajstić information content (AvgIpc) is 2.20. The molecule has 0 rings (SSSR count). The standard InChI is InChI=1S/C9H16BrN3O2S/c1-6(10)5-12-8(14)7(3-4-16-2)13-9(11)15/h7H,1,3-5H2,2H3,(H,12,14)(H3,11,13,15). The molecule has 0 saturated heterocycles. The Morgan fingerprint density at radius 3 is 2.62 bits per heavy atom. The van der Waals surface area contributed by atoms with Crippen molar-refractivity contribution >= 4 is 39.6 Å². The van der Waals surface area contributed by atoms with Gasteiger partial charge in [0.1, 0.15) is 6.04 Å². The lowest BCUT2D eigenvalue weighted by Crippen LogP contribution is -2.49. The molecule has 0 aliphatic heterocycles. The van der Waals surface area contributed by atoms with Crippen LogP contribution in [0, 0.1) is 0 Å². The number of nitrogens with one attached hydrogen (secondary N) is 2. The fraction of sp³-hybridized carbons (Fsp3) is 0.556. The molecule has 0 heterocycles. The minimum atomic E-state index is -0.695. The van der Waals surface area contributed by atoms with E-state index in [-0.39, 0.29) is 5.91 Å². The summed E-state index contributed by atoms with van der Waals surface area (Å²) in [5.41, 5.74) is 5.00. The zero-order valence-electron chi connectivity index (χ0n) is 9.09. The first-order chi connectivity index (χ1) is 7.47. The van der Waals surface area contributed by atoms with E-state index in [0.29, 0.717) is 17.4 Å². The Balaban J connectivity index is 4.19. The van der Waals surface area contributed by atoms with E-state index in [1.807, 2.05) is 6.26 Å². The van der Waals surface area contributed by atoms with E-state index in [2.05, 4.69) is 33.1 Å². The maximum Gasteiger partial charge on any atom is 0.312 e. The van der Waals surface area contributed by atoms with Gasteiger partial charge in [-0.1, -0.05) is 22.5 Å². The van der Waals surface area contributed by atoms with Crippen molar-refractivity contribution in [3.63, 3.8) is 0 Å². The minimum absolute atomic E-state index is 0.256. The second kappa shape index (κ2) is 8.46.